The van der Waals surface area contributed by atoms with Gasteiger partial charge >= 0.3 is 0 Å². The van der Waals surface area contributed by atoms with Crippen LogP contribution < -0.4 is 0 Å². The van der Waals surface area contributed by atoms with Gasteiger partial charge in [-0.05, 0) is 17.7 Å². The second-order valence-corrected chi connectivity index (χ2v) is 2.41. The molecule has 0 aliphatic carbocycles. The summed E-state index contributed by atoms with van der Waals surface area (Å²) < 4.78 is 12.4. The summed E-state index contributed by atoms with van der Waals surface area (Å²) in [6, 6.07) is 5.49. The Morgan fingerprint density at radius 3 is 2.50 bits per heavy atom. The summed E-state index contributed by atoms with van der Waals surface area (Å²) in [5.41, 5.74) is 0.576. The Balaban J connectivity index is 2.76. The van der Waals surface area contributed by atoms with Crippen molar-refractivity contribution in [3.05, 3.63) is 47.1 Å². The zero-order valence-electron chi connectivity index (χ0n) is 6.37. The highest BCUT2D eigenvalue weighted by Gasteiger charge is 2.08. The highest BCUT2D eigenvalue weighted by molar-refractivity contribution is 5.19. The van der Waals surface area contributed by atoms with Crippen LogP contribution in [0.2, 0.25) is 0 Å². The first-order valence-electron chi connectivity index (χ1n) is 3.51. The molecule has 0 aromatic heterocycles. The third-order valence-corrected chi connectivity index (χ3v) is 1.52. The Morgan fingerprint density at radius 1 is 1.42 bits per heavy atom. The Labute approximate surface area is 70.1 Å². The van der Waals surface area contributed by atoms with E-state index in [0.717, 1.165) is 0 Å². The van der Waals surface area contributed by atoms with E-state index in [-0.39, 0.29) is 12.4 Å². The highest BCUT2D eigenvalue weighted by Crippen LogP contribution is 2.13. The van der Waals surface area contributed by atoms with E-state index < -0.39 is 6.10 Å². The number of halogens is 1. The molecular weight excluding hydrogens is 157 g/mol. The second-order valence-electron chi connectivity index (χ2n) is 2.41. The minimum absolute atomic E-state index is 0.0195. The monoisotopic (exact) mass is 165 g/mol. The molecule has 3 heteroatoms. The fourth-order valence-electron chi connectivity index (χ4n) is 0.877. The smallest absolute Gasteiger partial charge is 0.244 e. The summed E-state index contributed by atoms with van der Waals surface area (Å²) in [6.07, 6.45) is -0.803. The molecule has 1 aromatic rings. The van der Waals surface area contributed by atoms with Crippen LogP contribution in [0.15, 0.2) is 24.3 Å². The molecule has 1 N–H and O–H groups in total. The van der Waals surface area contributed by atoms with E-state index >= 15 is 0 Å². The SMILES string of the molecule is [C-]#[N+]CC(O)c1ccc(F)cc1. The second kappa shape index (κ2) is 3.84. The maximum absolute atomic E-state index is 12.4. The van der Waals surface area contributed by atoms with Crippen molar-refractivity contribution in [3.63, 3.8) is 0 Å². The molecule has 0 bridgehead atoms. The number of rotatable bonds is 2. The van der Waals surface area contributed by atoms with E-state index in [1.165, 1.54) is 24.3 Å². The summed E-state index contributed by atoms with van der Waals surface area (Å²) in [4.78, 5) is 3.04. The van der Waals surface area contributed by atoms with Gasteiger partial charge in [-0.2, -0.15) is 0 Å². The van der Waals surface area contributed by atoms with Crippen molar-refractivity contribution in [3.8, 4) is 0 Å². The quantitative estimate of drug-likeness (QED) is 0.664. The zero-order valence-corrected chi connectivity index (χ0v) is 6.37. The Kier molecular flexibility index (Phi) is 2.78. The molecule has 0 spiro atoms. The molecule has 62 valence electrons. The van der Waals surface area contributed by atoms with Crippen LogP contribution in [0.1, 0.15) is 11.7 Å². The lowest BCUT2D eigenvalue weighted by molar-refractivity contribution is 0.195. The minimum atomic E-state index is -0.803. The molecule has 1 atom stereocenters. The maximum atomic E-state index is 12.4. The maximum Gasteiger partial charge on any atom is 0.244 e. The molecule has 0 amide bonds. The molecule has 12 heavy (non-hydrogen) atoms. The summed E-state index contributed by atoms with van der Waals surface area (Å²) in [6.45, 7) is 6.54. The topological polar surface area (TPSA) is 24.6 Å². The Bertz CT molecular complexity index is 288. The lowest BCUT2D eigenvalue weighted by Crippen LogP contribution is -1.99. The van der Waals surface area contributed by atoms with Crippen LogP contribution in [-0.4, -0.2) is 11.7 Å². The van der Waals surface area contributed by atoms with Crippen LogP contribution in [0.3, 0.4) is 0 Å². The molecule has 0 radical (unpaired) electrons. The van der Waals surface area contributed by atoms with Crippen molar-refractivity contribution in [2.24, 2.45) is 0 Å². The van der Waals surface area contributed by atoms with Gasteiger partial charge in [0.15, 0.2) is 6.10 Å². The van der Waals surface area contributed by atoms with Gasteiger partial charge in [-0.3, -0.25) is 0 Å². The van der Waals surface area contributed by atoms with E-state index in [2.05, 4.69) is 4.85 Å². The molecule has 1 unspecified atom stereocenters. The van der Waals surface area contributed by atoms with E-state index in [1.807, 2.05) is 0 Å². The molecule has 0 saturated heterocycles. The standard InChI is InChI=1S/C9H8FNO/c1-11-6-9(12)7-2-4-8(10)5-3-7/h2-5,9,12H,6H2. The van der Waals surface area contributed by atoms with E-state index in [0.29, 0.717) is 5.56 Å². The van der Waals surface area contributed by atoms with Gasteiger partial charge in [0, 0.05) is 0 Å². The van der Waals surface area contributed by atoms with Crippen LogP contribution in [0.25, 0.3) is 4.85 Å². The summed E-state index contributed by atoms with van der Waals surface area (Å²) in [5.74, 6) is -0.339. The Morgan fingerprint density at radius 2 is 2.00 bits per heavy atom. The number of hydrogen-bond donors (Lipinski definition) is 1. The van der Waals surface area contributed by atoms with Crippen molar-refractivity contribution in [2.45, 2.75) is 6.10 Å². The zero-order chi connectivity index (χ0) is 8.97. The molecule has 1 rings (SSSR count). The molecule has 1 aromatic carbocycles. The van der Waals surface area contributed by atoms with E-state index in [1.54, 1.807) is 0 Å². The summed E-state index contributed by atoms with van der Waals surface area (Å²) in [7, 11) is 0. The van der Waals surface area contributed by atoms with Crippen LogP contribution in [-0.2, 0) is 0 Å². The molecule has 0 aliphatic heterocycles. The third kappa shape index (κ3) is 2.04. The largest absolute Gasteiger partial charge is 0.381 e. The summed E-state index contributed by atoms with van der Waals surface area (Å²) >= 11 is 0. The van der Waals surface area contributed by atoms with Crippen molar-refractivity contribution in [2.75, 3.05) is 6.54 Å². The van der Waals surface area contributed by atoms with Gasteiger partial charge in [-0.1, -0.05) is 12.1 Å². The first kappa shape index (κ1) is 8.69. The van der Waals surface area contributed by atoms with Crippen molar-refractivity contribution >= 4 is 0 Å². The first-order chi connectivity index (χ1) is 5.74. The van der Waals surface area contributed by atoms with Gasteiger partial charge in [0.05, 0.1) is 0 Å². The fourth-order valence-corrected chi connectivity index (χ4v) is 0.877. The van der Waals surface area contributed by atoms with Crippen molar-refractivity contribution < 1.29 is 9.50 Å². The van der Waals surface area contributed by atoms with Gasteiger partial charge in [0.25, 0.3) is 0 Å². The predicted molar refractivity (Wildman–Crippen MR) is 42.8 cm³/mol. The van der Waals surface area contributed by atoms with Gasteiger partial charge in [0.1, 0.15) is 5.82 Å². The average molecular weight is 165 g/mol. The van der Waals surface area contributed by atoms with Crippen LogP contribution in [0.4, 0.5) is 4.39 Å². The molecule has 0 aliphatic rings. The average Bonchev–Trinajstić information content (AvgIpc) is 2.06. The number of nitrogens with zero attached hydrogens (tertiary/aromatic N) is 1. The van der Waals surface area contributed by atoms with Crippen molar-refractivity contribution in [1.29, 1.82) is 0 Å². The van der Waals surface area contributed by atoms with Gasteiger partial charge < -0.3 is 9.95 Å². The van der Waals surface area contributed by atoms with Crippen LogP contribution in [0.5, 0.6) is 0 Å². The van der Waals surface area contributed by atoms with Gasteiger partial charge in [-0.15, -0.1) is 0 Å². The van der Waals surface area contributed by atoms with Crippen LogP contribution in [0, 0.1) is 12.4 Å². The number of aliphatic hydroxyl groups excluding tert-OH is 1. The fraction of sp³-hybridized carbons (Fsp3) is 0.222. The molecule has 0 fully saturated rings. The first-order valence-corrected chi connectivity index (χ1v) is 3.51. The lowest BCUT2D eigenvalue weighted by atomic mass is 10.1. The molecule has 0 saturated carbocycles. The third-order valence-electron chi connectivity index (χ3n) is 1.52. The predicted octanol–water partition coefficient (Wildman–Crippen LogP) is 1.78. The molecule has 2 nitrogen and oxygen atoms in total. The normalized spacial score (nSPS) is 12.1. The lowest BCUT2D eigenvalue weighted by Gasteiger charge is -2.02. The molecular formula is C9H8FNO. The number of aliphatic hydroxyl groups is 1. The number of hydrogen-bond acceptors (Lipinski definition) is 1. The minimum Gasteiger partial charge on any atom is -0.381 e. The highest BCUT2D eigenvalue weighted by atomic mass is 19.1. The Hall–Kier alpha value is -1.40. The van der Waals surface area contributed by atoms with Gasteiger partial charge in [0.2, 0.25) is 6.54 Å². The van der Waals surface area contributed by atoms with Crippen molar-refractivity contribution in [1.82, 2.24) is 0 Å². The van der Waals surface area contributed by atoms with Gasteiger partial charge in [-0.25, -0.2) is 11.0 Å². The summed E-state index contributed by atoms with van der Waals surface area (Å²) in [5, 5.41) is 9.28. The van der Waals surface area contributed by atoms with E-state index in [4.69, 9.17) is 6.57 Å². The van der Waals surface area contributed by atoms with E-state index in [9.17, 15) is 9.50 Å². The van der Waals surface area contributed by atoms with Crippen LogP contribution >= 0.6 is 0 Å². The number of benzene rings is 1. The molecule has 0 heterocycles.